The molecule has 132 valence electrons. The summed E-state index contributed by atoms with van der Waals surface area (Å²) in [6, 6.07) is 24.9. The number of hydrogen-bond donors (Lipinski definition) is 2. The highest BCUT2D eigenvalue weighted by molar-refractivity contribution is 5.91. The molecule has 3 aromatic rings. The van der Waals surface area contributed by atoms with Crippen LogP contribution in [0.3, 0.4) is 0 Å². The Labute approximate surface area is 153 Å². The van der Waals surface area contributed by atoms with Crippen LogP contribution in [0.1, 0.15) is 22.7 Å². The van der Waals surface area contributed by atoms with Gasteiger partial charge in [-0.15, -0.1) is 0 Å². The van der Waals surface area contributed by atoms with E-state index in [1.807, 2.05) is 79.7 Å². The van der Waals surface area contributed by atoms with Gasteiger partial charge in [-0.2, -0.15) is 0 Å². The summed E-state index contributed by atoms with van der Waals surface area (Å²) in [4.78, 5) is 12.6. The van der Waals surface area contributed by atoms with Gasteiger partial charge in [0.1, 0.15) is 5.75 Å². The van der Waals surface area contributed by atoms with E-state index < -0.39 is 0 Å². The molecule has 0 aliphatic carbocycles. The van der Waals surface area contributed by atoms with Gasteiger partial charge in [0.25, 0.3) is 0 Å². The molecule has 0 bridgehead atoms. The Balaban J connectivity index is 1.85. The molecule has 0 fully saturated rings. The Morgan fingerprint density at radius 1 is 0.885 bits per heavy atom. The lowest BCUT2D eigenvalue weighted by Crippen LogP contribution is -2.33. The van der Waals surface area contributed by atoms with Crippen molar-refractivity contribution in [2.45, 2.75) is 13.0 Å². The highest BCUT2D eigenvalue weighted by atomic mass is 16.5. The number of nitrogens with one attached hydrogen (secondary N) is 2. The molecule has 2 amide bonds. The van der Waals surface area contributed by atoms with Crippen molar-refractivity contribution in [2.24, 2.45) is 0 Å². The number of aryl methyl sites for hydroxylation is 1. The monoisotopic (exact) mass is 346 g/mol. The van der Waals surface area contributed by atoms with Crippen molar-refractivity contribution in [1.82, 2.24) is 5.32 Å². The van der Waals surface area contributed by atoms with E-state index in [1.165, 1.54) is 0 Å². The van der Waals surface area contributed by atoms with Crippen LogP contribution >= 0.6 is 0 Å². The maximum atomic E-state index is 12.6. The van der Waals surface area contributed by atoms with Gasteiger partial charge in [-0.05, 0) is 30.2 Å². The zero-order chi connectivity index (χ0) is 18.4. The Morgan fingerprint density at radius 3 is 2.31 bits per heavy atom. The standard InChI is InChI=1S/C22H22N2O2/c1-16-9-8-12-18(15-16)21(17-10-4-3-5-11-17)24-22(25)23-19-13-6-7-14-20(19)26-2/h3-15,21H,1-2H3,(H2,23,24,25). The summed E-state index contributed by atoms with van der Waals surface area (Å²) < 4.78 is 5.29. The minimum Gasteiger partial charge on any atom is -0.495 e. The number of ether oxygens (including phenoxy) is 1. The zero-order valence-corrected chi connectivity index (χ0v) is 14.9. The Kier molecular flexibility index (Phi) is 5.54. The lowest BCUT2D eigenvalue weighted by molar-refractivity contribution is 0.250. The van der Waals surface area contributed by atoms with E-state index in [0.29, 0.717) is 11.4 Å². The zero-order valence-electron chi connectivity index (χ0n) is 14.9. The molecule has 0 radical (unpaired) electrons. The number of carbonyl (C=O) groups excluding carboxylic acids is 1. The highest BCUT2D eigenvalue weighted by Crippen LogP contribution is 2.25. The smallest absolute Gasteiger partial charge is 0.320 e. The van der Waals surface area contributed by atoms with Crippen LogP contribution in [0, 0.1) is 6.92 Å². The molecule has 0 saturated heterocycles. The molecule has 4 heteroatoms. The van der Waals surface area contributed by atoms with Gasteiger partial charge in [0, 0.05) is 0 Å². The van der Waals surface area contributed by atoms with Crippen LogP contribution in [0.4, 0.5) is 10.5 Å². The second-order valence-electron chi connectivity index (χ2n) is 6.06. The van der Waals surface area contributed by atoms with Crippen LogP contribution in [-0.2, 0) is 0 Å². The number of methoxy groups -OCH3 is 1. The number of carbonyl (C=O) groups is 1. The summed E-state index contributed by atoms with van der Waals surface area (Å²) in [5, 5.41) is 5.94. The van der Waals surface area contributed by atoms with Crippen LogP contribution in [0.15, 0.2) is 78.9 Å². The molecule has 3 aromatic carbocycles. The molecule has 2 N–H and O–H groups in total. The predicted octanol–water partition coefficient (Wildman–Crippen LogP) is 4.91. The lowest BCUT2D eigenvalue weighted by atomic mass is 9.97. The first-order valence-electron chi connectivity index (χ1n) is 8.49. The third kappa shape index (κ3) is 4.22. The van der Waals surface area contributed by atoms with Gasteiger partial charge in [0.05, 0.1) is 18.8 Å². The van der Waals surface area contributed by atoms with Crippen LogP contribution in [-0.4, -0.2) is 13.1 Å². The Hall–Kier alpha value is -3.27. The molecule has 1 unspecified atom stereocenters. The average Bonchev–Trinajstić information content (AvgIpc) is 2.67. The van der Waals surface area contributed by atoms with Crippen LogP contribution < -0.4 is 15.4 Å². The maximum absolute atomic E-state index is 12.6. The molecule has 0 aliphatic rings. The molecule has 4 nitrogen and oxygen atoms in total. The van der Waals surface area contributed by atoms with Crippen molar-refractivity contribution >= 4 is 11.7 Å². The van der Waals surface area contributed by atoms with Gasteiger partial charge in [-0.3, -0.25) is 0 Å². The summed E-state index contributed by atoms with van der Waals surface area (Å²) in [6.07, 6.45) is 0. The predicted molar refractivity (Wildman–Crippen MR) is 105 cm³/mol. The molecule has 3 rings (SSSR count). The number of urea groups is 1. The SMILES string of the molecule is COc1ccccc1NC(=O)NC(c1ccccc1)c1cccc(C)c1. The fourth-order valence-electron chi connectivity index (χ4n) is 2.89. The Bertz CT molecular complexity index is 878. The van der Waals surface area contributed by atoms with Gasteiger partial charge in [-0.25, -0.2) is 4.79 Å². The lowest BCUT2D eigenvalue weighted by Gasteiger charge is -2.21. The molecule has 0 heterocycles. The molecule has 0 aromatic heterocycles. The van der Waals surface area contributed by atoms with Crippen molar-refractivity contribution in [3.8, 4) is 5.75 Å². The summed E-state index contributed by atoms with van der Waals surface area (Å²) in [5.74, 6) is 0.620. The van der Waals surface area contributed by atoms with E-state index in [4.69, 9.17) is 4.74 Å². The topological polar surface area (TPSA) is 50.4 Å². The molecule has 0 saturated carbocycles. The first kappa shape index (κ1) is 17.5. The molecule has 1 atom stereocenters. The van der Waals surface area contributed by atoms with Gasteiger partial charge in [0.15, 0.2) is 0 Å². The largest absolute Gasteiger partial charge is 0.495 e. The molecule has 0 aliphatic heterocycles. The van der Waals surface area contributed by atoms with E-state index in [2.05, 4.69) is 16.7 Å². The second-order valence-corrected chi connectivity index (χ2v) is 6.06. The molecular formula is C22H22N2O2. The number of hydrogen-bond acceptors (Lipinski definition) is 2. The van der Waals surface area contributed by atoms with E-state index in [0.717, 1.165) is 16.7 Å². The number of para-hydroxylation sites is 2. The van der Waals surface area contributed by atoms with Crippen molar-refractivity contribution in [3.63, 3.8) is 0 Å². The van der Waals surface area contributed by atoms with Crippen molar-refractivity contribution in [2.75, 3.05) is 12.4 Å². The number of amides is 2. The van der Waals surface area contributed by atoms with Gasteiger partial charge >= 0.3 is 6.03 Å². The molecular weight excluding hydrogens is 324 g/mol. The van der Waals surface area contributed by atoms with Crippen molar-refractivity contribution < 1.29 is 9.53 Å². The average molecular weight is 346 g/mol. The summed E-state index contributed by atoms with van der Waals surface area (Å²) in [6.45, 7) is 2.04. The quantitative estimate of drug-likeness (QED) is 0.689. The summed E-state index contributed by atoms with van der Waals surface area (Å²) in [5.41, 5.74) is 3.83. The van der Waals surface area contributed by atoms with Gasteiger partial charge in [-0.1, -0.05) is 72.3 Å². The van der Waals surface area contributed by atoms with Crippen LogP contribution in [0.2, 0.25) is 0 Å². The number of benzene rings is 3. The van der Waals surface area contributed by atoms with Gasteiger partial charge < -0.3 is 15.4 Å². The van der Waals surface area contributed by atoms with E-state index in [-0.39, 0.29) is 12.1 Å². The fraction of sp³-hybridized carbons (Fsp3) is 0.136. The number of rotatable bonds is 5. The number of anilines is 1. The first-order chi connectivity index (χ1) is 12.7. The Morgan fingerprint density at radius 2 is 1.58 bits per heavy atom. The summed E-state index contributed by atoms with van der Waals surface area (Å²) >= 11 is 0. The van der Waals surface area contributed by atoms with Crippen LogP contribution in [0.5, 0.6) is 5.75 Å². The summed E-state index contributed by atoms with van der Waals surface area (Å²) in [7, 11) is 1.58. The second kappa shape index (κ2) is 8.21. The minimum absolute atomic E-state index is 0.245. The van der Waals surface area contributed by atoms with Crippen LogP contribution in [0.25, 0.3) is 0 Å². The third-order valence-corrected chi connectivity index (χ3v) is 4.14. The third-order valence-electron chi connectivity index (χ3n) is 4.14. The van der Waals surface area contributed by atoms with Crippen molar-refractivity contribution in [3.05, 3.63) is 95.6 Å². The minimum atomic E-state index is -0.287. The molecule has 0 spiro atoms. The van der Waals surface area contributed by atoms with E-state index >= 15 is 0 Å². The van der Waals surface area contributed by atoms with E-state index in [1.54, 1.807) is 7.11 Å². The fourth-order valence-corrected chi connectivity index (χ4v) is 2.89. The van der Waals surface area contributed by atoms with Gasteiger partial charge in [0.2, 0.25) is 0 Å². The molecule has 26 heavy (non-hydrogen) atoms. The maximum Gasteiger partial charge on any atom is 0.320 e. The first-order valence-corrected chi connectivity index (χ1v) is 8.49. The van der Waals surface area contributed by atoms with E-state index in [9.17, 15) is 4.79 Å². The van der Waals surface area contributed by atoms with Crippen molar-refractivity contribution in [1.29, 1.82) is 0 Å². The normalized spacial score (nSPS) is 11.5. The highest BCUT2D eigenvalue weighted by Gasteiger charge is 2.17.